The SMILES string of the molecule is Cc1cc(SCCC(=O)O)ccn1. The molecule has 0 saturated carbocycles. The third-order valence-corrected chi connectivity index (χ3v) is 2.45. The highest BCUT2D eigenvalue weighted by Crippen LogP contribution is 2.18. The van der Waals surface area contributed by atoms with Crippen LogP contribution in [0.5, 0.6) is 0 Å². The number of pyridine rings is 1. The first-order chi connectivity index (χ1) is 6.18. The van der Waals surface area contributed by atoms with Crippen molar-refractivity contribution in [3.8, 4) is 0 Å². The predicted octanol–water partition coefficient (Wildman–Crippen LogP) is 1.96. The molecule has 0 spiro atoms. The normalized spacial score (nSPS) is 9.92. The largest absolute Gasteiger partial charge is 0.481 e. The Hall–Kier alpha value is -1.03. The minimum Gasteiger partial charge on any atom is -0.481 e. The van der Waals surface area contributed by atoms with Crippen LogP contribution in [0, 0.1) is 6.92 Å². The number of aliphatic carboxylic acids is 1. The number of aromatic nitrogens is 1. The van der Waals surface area contributed by atoms with Crippen molar-refractivity contribution < 1.29 is 9.90 Å². The van der Waals surface area contributed by atoms with Crippen LogP contribution in [0.3, 0.4) is 0 Å². The molecule has 1 heterocycles. The monoisotopic (exact) mass is 197 g/mol. The molecule has 1 N–H and O–H groups in total. The van der Waals surface area contributed by atoms with Crippen LogP contribution < -0.4 is 0 Å². The lowest BCUT2D eigenvalue weighted by atomic mass is 10.4. The number of rotatable bonds is 4. The molecule has 0 amide bonds. The maximum Gasteiger partial charge on any atom is 0.304 e. The Morgan fingerprint density at radius 2 is 2.46 bits per heavy atom. The fourth-order valence-electron chi connectivity index (χ4n) is 0.866. The van der Waals surface area contributed by atoms with Gasteiger partial charge in [0.15, 0.2) is 0 Å². The van der Waals surface area contributed by atoms with Gasteiger partial charge in [0.2, 0.25) is 0 Å². The van der Waals surface area contributed by atoms with Gasteiger partial charge in [0.25, 0.3) is 0 Å². The van der Waals surface area contributed by atoms with Crippen LogP contribution in [-0.2, 0) is 4.79 Å². The molecule has 1 aromatic rings. The van der Waals surface area contributed by atoms with Gasteiger partial charge < -0.3 is 5.11 Å². The zero-order valence-electron chi connectivity index (χ0n) is 7.36. The molecule has 0 aromatic carbocycles. The zero-order valence-corrected chi connectivity index (χ0v) is 8.17. The van der Waals surface area contributed by atoms with Gasteiger partial charge in [-0.25, -0.2) is 0 Å². The van der Waals surface area contributed by atoms with Gasteiger partial charge in [-0.1, -0.05) is 0 Å². The van der Waals surface area contributed by atoms with Crippen LogP contribution >= 0.6 is 11.8 Å². The Bertz CT molecular complexity index is 301. The fraction of sp³-hybridized carbons (Fsp3) is 0.333. The summed E-state index contributed by atoms with van der Waals surface area (Å²) in [6.07, 6.45) is 1.93. The molecular formula is C9H11NO2S. The molecule has 0 bridgehead atoms. The van der Waals surface area contributed by atoms with E-state index in [-0.39, 0.29) is 6.42 Å². The topological polar surface area (TPSA) is 50.2 Å². The summed E-state index contributed by atoms with van der Waals surface area (Å²) < 4.78 is 0. The molecule has 4 heteroatoms. The van der Waals surface area contributed by atoms with E-state index in [9.17, 15) is 4.79 Å². The third-order valence-electron chi connectivity index (χ3n) is 1.45. The van der Waals surface area contributed by atoms with Crippen molar-refractivity contribution in [2.75, 3.05) is 5.75 Å². The van der Waals surface area contributed by atoms with Crippen LogP contribution in [0.2, 0.25) is 0 Å². The van der Waals surface area contributed by atoms with E-state index in [2.05, 4.69) is 4.98 Å². The van der Waals surface area contributed by atoms with E-state index in [1.54, 1.807) is 18.0 Å². The highest BCUT2D eigenvalue weighted by Gasteiger charge is 1.98. The van der Waals surface area contributed by atoms with Gasteiger partial charge in [0.05, 0.1) is 6.42 Å². The maximum absolute atomic E-state index is 10.2. The highest BCUT2D eigenvalue weighted by atomic mass is 32.2. The molecule has 0 radical (unpaired) electrons. The van der Waals surface area contributed by atoms with E-state index < -0.39 is 5.97 Å². The Morgan fingerprint density at radius 3 is 3.08 bits per heavy atom. The molecule has 1 aromatic heterocycles. The summed E-state index contributed by atoms with van der Waals surface area (Å²) in [5, 5.41) is 8.42. The number of thioether (sulfide) groups is 1. The van der Waals surface area contributed by atoms with Crippen LogP contribution in [0.4, 0.5) is 0 Å². The molecule has 0 saturated heterocycles. The fourth-order valence-corrected chi connectivity index (χ4v) is 1.79. The summed E-state index contributed by atoms with van der Waals surface area (Å²) in [5.41, 5.74) is 0.959. The lowest BCUT2D eigenvalue weighted by Gasteiger charge is -1.99. The van der Waals surface area contributed by atoms with E-state index in [1.165, 1.54) is 0 Å². The molecule has 0 aliphatic rings. The number of carboxylic acid groups (broad SMARTS) is 1. The number of carboxylic acids is 1. The van der Waals surface area contributed by atoms with E-state index >= 15 is 0 Å². The van der Waals surface area contributed by atoms with Gasteiger partial charge in [0.1, 0.15) is 0 Å². The van der Waals surface area contributed by atoms with Gasteiger partial charge in [0, 0.05) is 22.5 Å². The number of hydrogen-bond acceptors (Lipinski definition) is 3. The highest BCUT2D eigenvalue weighted by molar-refractivity contribution is 7.99. The average molecular weight is 197 g/mol. The summed E-state index contributed by atoms with van der Waals surface area (Å²) in [5.74, 6) is -0.142. The summed E-state index contributed by atoms with van der Waals surface area (Å²) in [6, 6.07) is 3.84. The zero-order chi connectivity index (χ0) is 9.68. The number of carbonyl (C=O) groups is 1. The molecular weight excluding hydrogens is 186 g/mol. The molecule has 3 nitrogen and oxygen atoms in total. The Morgan fingerprint density at radius 1 is 1.69 bits per heavy atom. The second kappa shape index (κ2) is 4.87. The second-order valence-electron chi connectivity index (χ2n) is 2.63. The van der Waals surface area contributed by atoms with Crippen LogP contribution in [-0.4, -0.2) is 21.8 Å². The smallest absolute Gasteiger partial charge is 0.304 e. The lowest BCUT2D eigenvalue weighted by Crippen LogP contribution is -1.95. The lowest BCUT2D eigenvalue weighted by molar-refractivity contribution is -0.136. The molecule has 13 heavy (non-hydrogen) atoms. The van der Waals surface area contributed by atoms with Gasteiger partial charge in [-0.05, 0) is 19.1 Å². The van der Waals surface area contributed by atoms with Gasteiger partial charge in [-0.3, -0.25) is 9.78 Å². The van der Waals surface area contributed by atoms with Crippen molar-refractivity contribution in [1.82, 2.24) is 4.98 Å². The van der Waals surface area contributed by atoms with E-state index in [1.807, 2.05) is 19.1 Å². The van der Waals surface area contributed by atoms with Crippen molar-refractivity contribution in [2.45, 2.75) is 18.2 Å². The van der Waals surface area contributed by atoms with Crippen molar-refractivity contribution in [1.29, 1.82) is 0 Å². The van der Waals surface area contributed by atoms with E-state index in [4.69, 9.17) is 5.11 Å². The third kappa shape index (κ3) is 3.94. The van der Waals surface area contributed by atoms with Gasteiger partial charge in [-0.15, -0.1) is 11.8 Å². The number of nitrogens with zero attached hydrogens (tertiary/aromatic N) is 1. The van der Waals surface area contributed by atoms with Crippen LogP contribution in [0.15, 0.2) is 23.2 Å². The van der Waals surface area contributed by atoms with E-state index in [0.717, 1.165) is 10.6 Å². The van der Waals surface area contributed by atoms with Crippen LogP contribution in [0.1, 0.15) is 12.1 Å². The molecule has 0 aliphatic heterocycles. The van der Waals surface area contributed by atoms with Gasteiger partial charge in [-0.2, -0.15) is 0 Å². The maximum atomic E-state index is 10.2. The molecule has 0 unspecified atom stereocenters. The molecule has 0 fully saturated rings. The predicted molar refractivity (Wildman–Crippen MR) is 52.0 cm³/mol. The van der Waals surface area contributed by atoms with Crippen molar-refractivity contribution in [2.24, 2.45) is 0 Å². The van der Waals surface area contributed by atoms with Crippen LogP contribution in [0.25, 0.3) is 0 Å². The summed E-state index contributed by atoms with van der Waals surface area (Å²) >= 11 is 1.54. The van der Waals surface area contributed by atoms with Crippen molar-refractivity contribution in [3.63, 3.8) is 0 Å². The van der Waals surface area contributed by atoms with E-state index in [0.29, 0.717) is 5.75 Å². The van der Waals surface area contributed by atoms with Gasteiger partial charge >= 0.3 is 5.97 Å². The first kappa shape index (κ1) is 10.1. The Labute approximate surface area is 81.2 Å². The molecule has 0 atom stereocenters. The Balaban J connectivity index is 2.41. The summed E-state index contributed by atoms with van der Waals surface area (Å²) in [4.78, 5) is 15.4. The van der Waals surface area contributed by atoms with Crippen molar-refractivity contribution >= 4 is 17.7 Å². The number of hydrogen-bond donors (Lipinski definition) is 1. The van der Waals surface area contributed by atoms with Crippen molar-refractivity contribution in [3.05, 3.63) is 24.0 Å². The summed E-state index contributed by atoms with van der Waals surface area (Å²) in [6.45, 7) is 1.92. The second-order valence-corrected chi connectivity index (χ2v) is 3.79. The average Bonchev–Trinajstić information content (AvgIpc) is 2.03. The number of aryl methyl sites for hydroxylation is 1. The first-order valence-electron chi connectivity index (χ1n) is 3.96. The Kier molecular flexibility index (Phi) is 3.76. The summed E-state index contributed by atoms with van der Waals surface area (Å²) in [7, 11) is 0. The minimum absolute atomic E-state index is 0.200. The minimum atomic E-state index is -0.752. The molecule has 0 aliphatic carbocycles. The first-order valence-corrected chi connectivity index (χ1v) is 4.94. The molecule has 1 rings (SSSR count). The quantitative estimate of drug-likeness (QED) is 0.749. The molecule has 70 valence electrons. The standard InChI is InChI=1S/C9H11NO2S/c1-7-6-8(2-4-10-7)13-5-3-9(11)12/h2,4,6H,3,5H2,1H3,(H,11,12).